The van der Waals surface area contributed by atoms with Gasteiger partial charge in [-0.05, 0) is 69.2 Å². The maximum Gasteiger partial charge on any atom is 0.244 e. The lowest BCUT2D eigenvalue weighted by molar-refractivity contribution is -0.159. The zero-order valence-corrected chi connectivity index (χ0v) is 20.6. The molecule has 192 valence electrons. The number of primary amides is 1. The summed E-state index contributed by atoms with van der Waals surface area (Å²) in [4.78, 5) is 50.0. The van der Waals surface area contributed by atoms with Gasteiger partial charge in [-0.3, -0.25) is 19.2 Å². The highest BCUT2D eigenvalue weighted by molar-refractivity contribution is 6.23. The number of allylic oxidation sites excluding steroid dienone is 1. The van der Waals surface area contributed by atoms with Gasteiger partial charge in [0.2, 0.25) is 17.6 Å². The molecule has 6 N–H and O–H groups in total. The minimum atomic E-state index is -2.56. The van der Waals surface area contributed by atoms with Gasteiger partial charge in [0.05, 0.1) is 12.0 Å². The molecule has 9 nitrogen and oxygen atoms in total. The molecule has 0 radical (unpaired) electrons. The lowest BCUT2D eigenvalue weighted by atomic mass is 9.61. The number of aliphatic hydroxyl groups excluding tert-OH is 1. The van der Waals surface area contributed by atoms with E-state index in [0.29, 0.717) is 11.1 Å². The fourth-order valence-corrected chi connectivity index (χ4v) is 5.06. The first kappa shape index (κ1) is 26.9. The SMILES string of the molecule is C=CC[C@@H]1C[C@@H]2Cc3c(/C=C/C(=O)NC(C)(C)C)ccc(O)c3C(O)=C2C(=O)[C@]1(O)C(=O)CC(N)=O. The van der Waals surface area contributed by atoms with Crippen molar-refractivity contribution in [3.63, 3.8) is 0 Å². The number of aromatic hydroxyl groups is 1. The van der Waals surface area contributed by atoms with E-state index in [1.54, 1.807) is 12.1 Å². The van der Waals surface area contributed by atoms with Crippen LogP contribution in [0.5, 0.6) is 5.75 Å². The van der Waals surface area contributed by atoms with E-state index >= 15 is 0 Å². The van der Waals surface area contributed by atoms with Crippen LogP contribution in [-0.2, 0) is 25.6 Å². The summed E-state index contributed by atoms with van der Waals surface area (Å²) in [5.74, 6) is -5.65. The summed E-state index contributed by atoms with van der Waals surface area (Å²) in [6, 6.07) is 2.93. The number of Topliss-reactive ketones (excluding diaryl/α,β-unsaturated/α-hetero) is 2. The number of nitrogens with one attached hydrogen (secondary N) is 1. The first-order valence-electron chi connectivity index (χ1n) is 11.7. The number of fused-ring (bicyclic) bond motifs is 2. The van der Waals surface area contributed by atoms with Crippen LogP contribution in [0.2, 0.25) is 0 Å². The van der Waals surface area contributed by atoms with Crippen LogP contribution in [0.3, 0.4) is 0 Å². The molecule has 0 bridgehead atoms. The van der Waals surface area contributed by atoms with Gasteiger partial charge in [-0.2, -0.15) is 0 Å². The molecule has 0 unspecified atom stereocenters. The number of hydrogen-bond donors (Lipinski definition) is 5. The Labute approximate surface area is 209 Å². The van der Waals surface area contributed by atoms with Gasteiger partial charge in [-0.15, -0.1) is 6.58 Å². The van der Waals surface area contributed by atoms with Crippen LogP contribution < -0.4 is 11.1 Å². The van der Waals surface area contributed by atoms with Crippen molar-refractivity contribution < 1.29 is 34.5 Å². The van der Waals surface area contributed by atoms with Crippen molar-refractivity contribution >= 4 is 35.2 Å². The molecule has 1 aromatic carbocycles. The Morgan fingerprint density at radius 2 is 1.92 bits per heavy atom. The second-order valence-electron chi connectivity index (χ2n) is 10.4. The molecule has 1 aromatic rings. The Morgan fingerprint density at radius 1 is 1.25 bits per heavy atom. The smallest absolute Gasteiger partial charge is 0.244 e. The molecule has 2 aliphatic carbocycles. The van der Waals surface area contributed by atoms with Gasteiger partial charge in [0.1, 0.15) is 11.5 Å². The summed E-state index contributed by atoms with van der Waals surface area (Å²) in [5, 5.41) is 35.8. The van der Waals surface area contributed by atoms with Gasteiger partial charge in [0.15, 0.2) is 11.4 Å². The fourth-order valence-electron chi connectivity index (χ4n) is 5.06. The van der Waals surface area contributed by atoms with Gasteiger partial charge >= 0.3 is 0 Å². The van der Waals surface area contributed by atoms with Gasteiger partial charge < -0.3 is 26.4 Å². The standard InChI is InChI=1S/C27H32N2O7/c1-5-6-16-11-15-12-17-14(8-10-21(33)29-26(2,3)4)7-9-18(30)23(17)24(34)22(15)25(35)27(16,36)19(31)13-20(28)32/h5,7-10,15-16,30,34,36H,1,6,11-13H2,2-4H3,(H2,28,32)(H,29,33)/b10-8+/t15-,16-,27-/m1/s1. The third-order valence-corrected chi connectivity index (χ3v) is 6.55. The molecule has 3 rings (SSSR count). The molecule has 0 heterocycles. The summed E-state index contributed by atoms with van der Waals surface area (Å²) in [7, 11) is 0. The van der Waals surface area contributed by atoms with Gasteiger partial charge in [-0.25, -0.2) is 0 Å². The van der Waals surface area contributed by atoms with Crippen molar-refractivity contribution in [1.82, 2.24) is 5.32 Å². The Balaban J connectivity index is 2.11. The number of phenols is 1. The topological polar surface area (TPSA) is 167 Å². The minimum absolute atomic E-state index is 0.000138. The average Bonchev–Trinajstić information content (AvgIpc) is 2.75. The molecule has 1 fully saturated rings. The maximum atomic E-state index is 13.5. The number of carbonyl (C=O) groups is 4. The predicted molar refractivity (Wildman–Crippen MR) is 133 cm³/mol. The number of phenolic OH excluding ortho intramolecular Hbond substituents is 1. The van der Waals surface area contributed by atoms with E-state index in [9.17, 15) is 34.5 Å². The third kappa shape index (κ3) is 4.97. The van der Waals surface area contributed by atoms with Crippen molar-refractivity contribution in [2.45, 2.75) is 57.6 Å². The normalized spacial score (nSPS) is 23.7. The lowest BCUT2D eigenvalue weighted by Gasteiger charge is -2.43. The molecule has 2 amide bonds. The Kier molecular flexibility index (Phi) is 7.27. The largest absolute Gasteiger partial charge is 0.507 e. The lowest BCUT2D eigenvalue weighted by Crippen LogP contribution is -2.58. The van der Waals surface area contributed by atoms with Crippen LogP contribution in [-0.4, -0.2) is 49.8 Å². The molecule has 9 heteroatoms. The van der Waals surface area contributed by atoms with E-state index in [1.807, 2.05) is 20.8 Å². The highest BCUT2D eigenvalue weighted by atomic mass is 16.3. The molecular formula is C27H32N2O7. The molecule has 36 heavy (non-hydrogen) atoms. The van der Waals surface area contributed by atoms with E-state index in [2.05, 4.69) is 11.9 Å². The molecule has 0 aromatic heterocycles. The van der Waals surface area contributed by atoms with Crippen molar-refractivity contribution in [1.29, 1.82) is 0 Å². The van der Waals surface area contributed by atoms with Crippen LogP contribution in [0.15, 0.2) is 36.4 Å². The number of rotatable bonds is 7. The van der Waals surface area contributed by atoms with E-state index < -0.39 is 52.6 Å². The number of aliphatic hydroxyl groups is 2. The first-order chi connectivity index (χ1) is 16.7. The van der Waals surface area contributed by atoms with E-state index in [0.717, 1.165) is 0 Å². The van der Waals surface area contributed by atoms with Crippen molar-refractivity contribution in [3.05, 3.63) is 53.1 Å². The number of benzene rings is 1. The molecule has 0 aliphatic heterocycles. The summed E-state index contributed by atoms with van der Waals surface area (Å²) in [5.41, 5.74) is 3.06. The van der Waals surface area contributed by atoms with Crippen LogP contribution in [0.1, 0.15) is 56.7 Å². The molecule has 2 aliphatic rings. The fraction of sp³-hybridized carbons (Fsp3) is 0.407. The summed E-state index contributed by atoms with van der Waals surface area (Å²) in [6.45, 7) is 9.19. The summed E-state index contributed by atoms with van der Waals surface area (Å²) in [6.07, 6.45) is 4.02. The van der Waals surface area contributed by atoms with Gasteiger partial charge in [-0.1, -0.05) is 12.1 Å². The van der Waals surface area contributed by atoms with Crippen LogP contribution in [0.4, 0.5) is 0 Å². The summed E-state index contributed by atoms with van der Waals surface area (Å²) < 4.78 is 0. The number of amides is 2. The number of ketones is 2. The minimum Gasteiger partial charge on any atom is -0.507 e. The van der Waals surface area contributed by atoms with Crippen LogP contribution >= 0.6 is 0 Å². The number of carbonyl (C=O) groups excluding carboxylic acids is 4. The molecule has 0 spiro atoms. The van der Waals surface area contributed by atoms with Crippen LogP contribution in [0, 0.1) is 11.8 Å². The van der Waals surface area contributed by atoms with Crippen molar-refractivity contribution in [3.8, 4) is 5.75 Å². The average molecular weight is 497 g/mol. The summed E-state index contributed by atoms with van der Waals surface area (Å²) >= 11 is 0. The zero-order valence-electron chi connectivity index (χ0n) is 20.6. The van der Waals surface area contributed by atoms with Crippen LogP contribution in [0.25, 0.3) is 11.8 Å². The Bertz CT molecular complexity index is 1210. The molecule has 0 saturated heterocycles. The molecular weight excluding hydrogens is 464 g/mol. The molecule has 3 atom stereocenters. The van der Waals surface area contributed by atoms with E-state index in [1.165, 1.54) is 18.2 Å². The zero-order chi connectivity index (χ0) is 27.0. The highest BCUT2D eigenvalue weighted by Gasteiger charge is 2.57. The first-order valence-corrected chi connectivity index (χ1v) is 11.7. The number of nitrogens with two attached hydrogens (primary N) is 1. The Morgan fingerprint density at radius 3 is 2.50 bits per heavy atom. The van der Waals surface area contributed by atoms with Crippen molar-refractivity contribution in [2.75, 3.05) is 0 Å². The second-order valence-corrected chi connectivity index (χ2v) is 10.4. The van der Waals surface area contributed by atoms with Gasteiger partial charge in [0, 0.05) is 23.1 Å². The van der Waals surface area contributed by atoms with Gasteiger partial charge in [0.25, 0.3) is 0 Å². The maximum absolute atomic E-state index is 13.5. The third-order valence-electron chi connectivity index (χ3n) is 6.55. The second kappa shape index (κ2) is 9.73. The van der Waals surface area contributed by atoms with E-state index in [-0.39, 0.29) is 42.1 Å². The Hall–Kier alpha value is -3.72. The number of hydrogen-bond acceptors (Lipinski definition) is 7. The molecule has 1 saturated carbocycles. The van der Waals surface area contributed by atoms with E-state index in [4.69, 9.17) is 5.73 Å². The predicted octanol–water partition coefficient (Wildman–Crippen LogP) is 2.10. The van der Waals surface area contributed by atoms with Crippen molar-refractivity contribution in [2.24, 2.45) is 17.6 Å². The highest BCUT2D eigenvalue weighted by Crippen LogP contribution is 2.49. The quantitative estimate of drug-likeness (QED) is 0.219. The monoisotopic (exact) mass is 496 g/mol.